The van der Waals surface area contributed by atoms with Gasteiger partial charge in [0.05, 0.1) is 18.8 Å². The summed E-state index contributed by atoms with van der Waals surface area (Å²) >= 11 is 0. The van der Waals surface area contributed by atoms with Crippen molar-refractivity contribution in [3.05, 3.63) is 17.0 Å². The summed E-state index contributed by atoms with van der Waals surface area (Å²) in [5.41, 5.74) is 4.06. The van der Waals surface area contributed by atoms with Gasteiger partial charge in [-0.2, -0.15) is 5.10 Å². The number of nitrogens with zero attached hydrogens (tertiary/aromatic N) is 3. The van der Waals surface area contributed by atoms with Crippen molar-refractivity contribution in [2.75, 3.05) is 13.2 Å². The van der Waals surface area contributed by atoms with Gasteiger partial charge in [-0.1, -0.05) is 20.8 Å². The summed E-state index contributed by atoms with van der Waals surface area (Å²) in [7, 11) is 0. The first-order chi connectivity index (χ1) is 9.81. The molecule has 1 aromatic rings. The molecule has 0 bridgehead atoms. The van der Waals surface area contributed by atoms with E-state index in [0.717, 1.165) is 12.2 Å². The lowest BCUT2D eigenvalue weighted by Crippen LogP contribution is -2.32. The minimum atomic E-state index is 0.151. The van der Waals surface area contributed by atoms with E-state index >= 15 is 0 Å². The Morgan fingerprint density at radius 1 is 1.29 bits per heavy atom. The maximum Gasteiger partial charge on any atom is 0.0644 e. The molecule has 1 aliphatic rings. The number of hydrogen-bond acceptors (Lipinski definition) is 3. The Bertz CT molecular complexity index is 473. The topological polar surface area (TPSA) is 41.3 Å². The third kappa shape index (κ3) is 4.07. The highest BCUT2D eigenvalue weighted by atomic mass is 16.3. The molecule has 120 valence electrons. The van der Waals surface area contributed by atoms with Gasteiger partial charge >= 0.3 is 0 Å². The minimum absolute atomic E-state index is 0.151. The maximum absolute atomic E-state index is 9.13. The summed E-state index contributed by atoms with van der Waals surface area (Å²) in [6.07, 6.45) is 3.89. The van der Waals surface area contributed by atoms with Crippen molar-refractivity contribution in [1.82, 2.24) is 14.7 Å². The molecule has 1 aliphatic heterocycles. The molecule has 4 nitrogen and oxygen atoms in total. The molecule has 1 unspecified atom stereocenters. The monoisotopic (exact) mass is 293 g/mol. The SMILES string of the molecule is Cc1nn(CCO)c(C)c1CN1CCCC1CC(C)(C)C. The van der Waals surface area contributed by atoms with E-state index in [2.05, 4.69) is 44.6 Å². The van der Waals surface area contributed by atoms with Gasteiger partial charge in [0, 0.05) is 23.8 Å². The van der Waals surface area contributed by atoms with Crippen LogP contribution < -0.4 is 0 Å². The van der Waals surface area contributed by atoms with Gasteiger partial charge in [-0.3, -0.25) is 9.58 Å². The molecule has 0 radical (unpaired) electrons. The van der Waals surface area contributed by atoms with Crippen LogP contribution in [-0.2, 0) is 13.1 Å². The largest absolute Gasteiger partial charge is 0.394 e. The summed E-state index contributed by atoms with van der Waals surface area (Å²) < 4.78 is 1.94. The number of aromatic nitrogens is 2. The molecule has 0 saturated carbocycles. The molecule has 0 aromatic carbocycles. The lowest BCUT2D eigenvalue weighted by molar-refractivity contribution is 0.184. The minimum Gasteiger partial charge on any atom is -0.394 e. The van der Waals surface area contributed by atoms with E-state index in [1.165, 1.54) is 37.1 Å². The number of aryl methyl sites for hydroxylation is 1. The Morgan fingerprint density at radius 3 is 2.62 bits per heavy atom. The molecule has 4 heteroatoms. The molecular formula is C17H31N3O. The van der Waals surface area contributed by atoms with Gasteiger partial charge in [0.1, 0.15) is 0 Å². The van der Waals surface area contributed by atoms with Gasteiger partial charge in [0.25, 0.3) is 0 Å². The average Bonchev–Trinajstić information content (AvgIpc) is 2.89. The highest BCUT2D eigenvalue weighted by Gasteiger charge is 2.29. The number of aliphatic hydroxyl groups is 1. The zero-order valence-electron chi connectivity index (χ0n) is 14.3. The van der Waals surface area contributed by atoms with E-state index in [-0.39, 0.29) is 6.61 Å². The lowest BCUT2D eigenvalue weighted by atomic mass is 9.87. The van der Waals surface area contributed by atoms with Crippen molar-refractivity contribution in [1.29, 1.82) is 0 Å². The predicted molar refractivity (Wildman–Crippen MR) is 86.3 cm³/mol. The second kappa shape index (κ2) is 6.49. The summed E-state index contributed by atoms with van der Waals surface area (Å²) in [5.74, 6) is 0. The maximum atomic E-state index is 9.13. The molecule has 0 spiro atoms. The number of rotatable bonds is 5. The zero-order valence-corrected chi connectivity index (χ0v) is 14.3. The third-order valence-electron chi connectivity index (χ3n) is 4.55. The fraction of sp³-hybridized carbons (Fsp3) is 0.824. The molecule has 0 amide bonds. The van der Waals surface area contributed by atoms with Gasteiger partial charge < -0.3 is 5.11 Å². The van der Waals surface area contributed by atoms with Crippen molar-refractivity contribution in [3.63, 3.8) is 0 Å². The molecular weight excluding hydrogens is 262 g/mol. The molecule has 21 heavy (non-hydrogen) atoms. The van der Waals surface area contributed by atoms with Crippen LogP contribution in [0.5, 0.6) is 0 Å². The Balaban J connectivity index is 2.10. The van der Waals surface area contributed by atoms with Crippen molar-refractivity contribution in [2.24, 2.45) is 5.41 Å². The fourth-order valence-electron chi connectivity index (χ4n) is 3.52. The Labute approximate surface area is 129 Å². The van der Waals surface area contributed by atoms with Crippen LogP contribution in [0.2, 0.25) is 0 Å². The van der Waals surface area contributed by atoms with Crippen molar-refractivity contribution < 1.29 is 5.11 Å². The van der Waals surface area contributed by atoms with Crippen LogP contribution in [0.15, 0.2) is 0 Å². The number of likely N-dealkylation sites (tertiary alicyclic amines) is 1. The van der Waals surface area contributed by atoms with E-state index in [1.54, 1.807) is 0 Å². The van der Waals surface area contributed by atoms with Gasteiger partial charge in [-0.15, -0.1) is 0 Å². The van der Waals surface area contributed by atoms with Crippen LogP contribution in [0.25, 0.3) is 0 Å². The molecule has 1 saturated heterocycles. The molecule has 2 rings (SSSR count). The van der Waals surface area contributed by atoms with E-state index in [9.17, 15) is 0 Å². The average molecular weight is 293 g/mol. The summed E-state index contributed by atoms with van der Waals surface area (Å²) in [5, 5.41) is 13.7. The molecule has 1 atom stereocenters. The van der Waals surface area contributed by atoms with Crippen molar-refractivity contribution in [2.45, 2.75) is 73.0 Å². The Kier molecular flexibility index (Phi) is 5.10. The Morgan fingerprint density at radius 2 is 2.00 bits per heavy atom. The van der Waals surface area contributed by atoms with Crippen LogP contribution in [0.1, 0.15) is 57.0 Å². The third-order valence-corrected chi connectivity index (χ3v) is 4.55. The lowest BCUT2D eigenvalue weighted by Gasteiger charge is -2.30. The normalized spacial score (nSPS) is 20.4. The van der Waals surface area contributed by atoms with Crippen molar-refractivity contribution in [3.8, 4) is 0 Å². The molecule has 1 aromatic heterocycles. The fourth-order valence-corrected chi connectivity index (χ4v) is 3.52. The van der Waals surface area contributed by atoms with Crippen LogP contribution in [0, 0.1) is 19.3 Å². The molecule has 0 aliphatic carbocycles. The van der Waals surface area contributed by atoms with Gasteiger partial charge in [0.15, 0.2) is 0 Å². The van der Waals surface area contributed by atoms with E-state index in [0.29, 0.717) is 18.0 Å². The van der Waals surface area contributed by atoms with Gasteiger partial charge in [-0.25, -0.2) is 0 Å². The highest BCUT2D eigenvalue weighted by molar-refractivity contribution is 5.24. The summed E-state index contributed by atoms with van der Waals surface area (Å²) in [6.45, 7) is 14.2. The first-order valence-electron chi connectivity index (χ1n) is 8.19. The van der Waals surface area contributed by atoms with Gasteiger partial charge in [0.2, 0.25) is 0 Å². The van der Waals surface area contributed by atoms with E-state index < -0.39 is 0 Å². The van der Waals surface area contributed by atoms with E-state index in [1.807, 2.05) is 4.68 Å². The van der Waals surface area contributed by atoms with Gasteiger partial charge in [-0.05, 0) is 45.1 Å². The quantitative estimate of drug-likeness (QED) is 0.907. The second-order valence-electron chi connectivity index (χ2n) is 7.63. The highest BCUT2D eigenvalue weighted by Crippen LogP contribution is 2.31. The number of aliphatic hydroxyl groups excluding tert-OH is 1. The van der Waals surface area contributed by atoms with Crippen molar-refractivity contribution >= 4 is 0 Å². The van der Waals surface area contributed by atoms with Crippen LogP contribution in [-0.4, -0.2) is 39.0 Å². The van der Waals surface area contributed by atoms with E-state index in [4.69, 9.17) is 5.11 Å². The summed E-state index contributed by atoms with van der Waals surface area (Å²) in [4.78, 5) is 2.63. The standard InChI is InChI=1S/C17H31N3O/c1-13-16(14(2)20(18-13)9-10-21)12-19-8-6-7-15(19)11-17(3,4)5/h15,21H,6-12H2,1-5H3. The first-order valence-corrected chi connectivity index (χ1v) is 8.19. The molecule has 1 N–H and O–H groups in total. The summed E-state index contributed by atoms with van der Waals surface area (Å²) in [6, 6.07) is 0.699. The first kappa shape index (κ1) is 16.5. The second-order valence-corrected chi connectivity index (χ2v) is 7.63. The van der Waals surface area contributed by atoms with Crippen LogP contribution in [0.3, 0.4) is 0 Å². The van der Waals surface area contributed by atoms with Crippen LogP contribution >= 0.6 is 0 Å². The Hall–Kier alpha value is -0.870. The zero-order chi connectivity index (χ0) is 15.6. The molecule has 1 fully saturated rings. The number of hydrogen-bond donors (Lipinski definition) is 1. The predicted octanol–water partition coefficient (Wildman–Crippen LogP) is 2.89. The van der Waals surface area contributed by atoms with Crippen LogP contribution in [0.4, 0.5) is 0 Å². The smallest absolute Gasteiger partial charge is 0.0644 e. The molecule has 2 heterocycles.